The van der Waals surface area contributed by atoms with Crippen LogP contribution in [0.2, 0.25) is 0 Å². The molecule has 19 heavy (non-hydrogen) atoms. The van der Waals surface area contributed by atoms with E-state index in [9.17, 15) is 9.59 Å². The second-order valence-electron chi connectivity index (χ2n) is 5.41. The summed E-state index contributed by atoms with van der Waals surface area (Å²) in [6, 6.07) is 0. The molecule has 0 heterocycles. The monoisotopic (exact) mass is 272 g/mol. The predicted octanol–water partition coefficient (Wildman–Crippen LogP) is 2.07. The average Bonchev–Trinajstić information content (AvgIpc) is 2.20. The van der Waals surface area contributed by atoms with Crippen LogP contribution in [-0.2, 0) is 9.53 Å². The summed E-state index contributed by atoms with van der Waals surface area (Å²) >= 11 is 0. The van der Waals surface area contributed by atoms with Gasteiger partial charge in [0.25, 0.3) is 0 Å². The van der Waals surface area contributed by atoms with Gasteiger partial charge in [0.2, 0.25) is 0 Å². The largest absolute Gasteiger partial charge is 0.481 e. The Balaban J connectivity index is 3.76. The molecule has 0 saturated heterocycles. The second kappa shape index (κ2) is 7.66. The minimum Gasteiger partial charge on any atom is -0.481 e. The van der Waals surface area contributed by atoms with E-state index in [4.69, 9.17) is 9.84 Å². The highest BCUT2D eigenvalue weighted by molar-refractivity contribution is 5.69. The Labute approximate surface area is 114 Å². The fraction of sp³-hybridized carbons (Fsp3) is 0.692. The summed E-state index contributed by atoms with van der Waals surface area (Å²) in [5.41, 5.74) is -0.554. The van der Waals surface area contributed by atoms with Gasteiger partial charge >= 0.3 is 12.1 Å². The molecule has 1 atom stereocenters. The Morgan fingerprint density at radius 3 is 2.42 bits per heavy atom. The zero-order valence-electron chi connectivity index (χ0n) is 12.1. The maximum absolute atomic E-state index is 11.4. The molecule has 0 aliphatic carbocycles. The van der Waals surface area contributed by atoms with Crippen LogP contribution in [0.25, 0.3) is 0 Å². The molecule has 0 aromatic heterocycles. The third-order valence-electron chi connectivity index (χ3n) is 2.23. The van der Waals surface area contributed by atoms with Crippen LogP contribution in [0.4, 0.5) is 4.79 Å². The molecule has 0 bridgehead atoms. The third-order valence-corrected chi connectivity index (χ3v) is 2.23. The van der Waals surface area contributed by atoms with Crippen LogP contribution in [0.1, 0.15) is 40.5 Å². The second-order valence-corrected chi connectivity index (χ2v) is 5.41. The standard InChI is InChI=1S/C13H24N2O4/c1-9(11(16)17)7-6-8-14-10(2)15-12(18)19-13(3,4)5/h9,14H,2,6-8H2,1,3-5H3,(H,15,18)(H,16,17)/t9-/m0/s1. The quantitative estimate of drug-likeness (QED) is 0.617. The highest BCUT2D eigenvalue weighted by Gasteiger charge is 2.16. The molecule has 6 nitrogen and oxygen atoms in total. The maximum Gasteiger partial charge on any atom is 0.413 e. The van der Waals surface area contributed by atoms with E-state index in [0.717, 1.165) is 0 Å². The van der Waals surface area contributed by atoms with Gasteiger partial charge in [-0.25, -0.2) is 4.79 Å². The minimum absolute atomic E-state index is 0.345. The summed E-state index contributed by atoms with van der Waals surface area (Å²) in [5.74, 6) is -0.822. The average molecular weight is 272 g/mol. The highest BCUT2D eigenvalue weighted by Crippen LogP contribution is 2.07. The maximum atomic E-state index is 11.4. The summed E-state index contributed by atoms with van der Waals surface area (Å²) < 4.78 is 5.06. The number of carbonyl (C=O) groups is 2. The van der Waals surface area contributed by atoms with Crippen molar-refractivity contribution in [2.24, 2.45) is 5.92 Å². The van der Waals surface area contributed by atoms with Crippen LogP contribution >= 0.6 is 0 Å². The van der Waals surface area contributed by atoms with E-state index in [2.05, 4.69) is 17.2 Å². The Hall–Kier alpha value is -1.72. The number of alkyl carbamates (subject to hydrolysis) is 1. The van der Waals surface area contributed by atoms with Crippen LogP contribution in [-0.4, -0.2) is 29.3 Å². The molecule has 1 amide bonds. The van der Waals surface area contributed by atoms with Crippen LogP contribution in [0.15, 0.2) is 12.4 Å². The Morgan fingerprint density at radius 1 is 1.37 bits per heavy atom. The number of nitrogens with one attached hydrogen (secondary N) is 2. The Morgan fingerprint density at radius 2 is 1.95 bits per heavy atom. The molecule has 0 aromatic carbocycles. The first-order valence-electron chi connectivity index (χ1n) is 6.27. The molecule has 0 unspecified atom stereocenters. The number of hydrogen-bond acceptors (Lipinski definition) is 4. The van der Waals surface area contributed by atoms with Crippen molar-refractivity contribution < 1.29 is 19.4 Å². The summed E-state index contributed by atoms with van der Waals surface area (Å²) in [4.78, 5) is 22.0. The molecule has 0 aliphatic rings. The number of carboxylic acid groups (broad SMARTS) is 1. The predicted molar refractivity (Wildman–Crippen MR) is 72.5 cm³/mol. The molecular formula is C13H24N2O4. The van der Waals surface area contributed by atoms with Gasteiger partial charge < -0.3 is 15.2 Å². The van der Waals surface area contributed by atoms with Gasteiger partial charge in [0, 0.05) is 6.54 Å². The lowest BCUT2D eigenvalue weighted by molar-refractivity contribution is -0.141. The smallest absolute Gasteiger partial charge is 0.413 e. The Bertz CT molecular complexity index is 334. The van der Waals surface area contributed by atoms with Gasteiger partial charge in [0.05, 0.1) is 5.92 Å². The fourth-order valence-electron chi connectivity index (χ4n) is 1.24. The molecule has 6 heteroatoms. The number of rotatable bonds is 7. The Kier molecular flexibility index (Phi) is 6.96. The number of aliphatic carboxylic acids is 1. The topological polar surface area (TPSA) is 87.7 Å². The molecule has 0 fully saturated rings. The molecule has 0 saturated carbocycles. The zero-order chi connectivity index (χ0) is 15.1. The zero-order valence-corrected chi connectivity index (χ0v) is 12.1. The number of carboxylic acids is 1. The molecule has 0 aromatic rings. The lowest BCUT2D eigenvalue weighted by Gasteiger charge is -2.20. The molecule has 0 radical (unpaired) electrons. The first-order chi connectivity index (χ1) is 8.61. The van der Waals surface area contributed by atoms with Crippen molar-refractivity contribution in [1.29, 1.82) is 0 Å². The van der Waals surface area contributed by atoms with E-state index in [0.29, 0.717) is 25.2 Å². The normalized spacial score (nSPS) is 12.4. The van der Waals surface area contributed by atoms with Crippen LogP contribution in [0.3, 0.4) is 0 Å². The molecule has 0 spiro atoms. The third kappa shape index (κ3) is 9.93. The first-order valence-corrected chi connectivity index (χ1v) is 6.27. The van der Waals surface area contributed by atoms with Crippen molar-refractivity contribution in [2.75, 3.05) is 6.54 Å². The van der Waals surface area contributed by atoms with Crippen molar-refractivity contribution >= 4 is 12.1 Å². The van der Waals surface area contributed by atoms with Crippen molar-refractivity contribution in [3.05, 3.63) is 12.4 Å². The summed E-state index contributed by atoms with van der Waals surface area (Å²) in [6.45, 7) is 11.2. The van der Waals surface area contributed by atoms with Gasteiger partial charge in [0.15, 0.2) is 0 Å². The number of ether oxygens (including phenoxy) is 1. The van der Waals surface area contributed by atoms with Crippen LogP contribution in [0.5, 0.6) is 0 Å². The van der Waals surface area contributed by atoms with E-state index in [1.807, 2.05) is 0 Å². The van der Waals surface area contributed by atoms with Gasteiger partial charge in [-0.2, -0.15) is 0 Å². The highest BCUT2D eigenvalue weighted by atomic mass is 16.6. The molecular weight excluding hydrogens is 248 g/mol. The number of carbonyl (C=O) groups excluding carboxylic acids is 1. The summed E-state index contributed by atoms with van der Waals surface area (Å²) in [5, 5.41) is 14.1. The van der Waals surface area contributed by atoms with Gasteiger partial charge in [-0.15, -0.1) is 0 Å². The van der Waals surface area contributed by atoms with Gasteiger partial charge in [0.1, 0.15) is 11.4 Å². The van der Waals surface area contributed by atoms with E-state index < -0.39 is 17.7 Å². The van der Waals surface area contributed by atoms with Crippen molar-refractivity contribution in [2.45, 2.75) is 46.1 Å². The fourth-order valence-corrected chi connectivity index (χ4v) is 1.24. The molecule has 0 rings (SSSR count). The lowest BCUT2D eigenvalue weighted by atomic mass is 10.1. The SMILES string of the molecule is C=C(NCCC[C@H](C)C(=O)O)NC(=O)OC(C)(C)C. The lowest BCUT2D eigenvalue weighted by Crippen LogP contribution is -2.36. The van der Waals surface area contributed by atoms with Crippen molar-refractivity contribution in [1.82, 2.24) is 10.6 Å². The van der Waals surface area contributed by atoms with Crippen LogP contribution < -0.4 is 10.6 Å². The van der Waals surface area contributed by atoms with E-state index in [1.165, 1.54) is 0 Å². The van der Waals surface area contributed by atoms with E-state index >= 15 is 0 Å². The van der Waals surface area contributed by atoms with E-state index in [1.54, 1.807) is 27.7 Å². The van der Waals surface area contributed by atoms with Gasteiger partial charge in [-0.3, -0.25) is 10.1 Å². The first kappa shape index (κ1) is 17.3. The van der Waals surface area contributed by atoms with E-state index in [-0.39, 0.29) is 5.92 Å². The summed E-state index contributed by atoms with van der Waals surface area (Å²) in [6.07, 6.45) is 0.689. The summed E-state index contributed by atoms with van der Waals surface area (Å²) in [7, 11) is 0. The van der Waals surface area contributed by atoms with Gasteiger partial charge in [-0.1, -0.05) is 13.5 Å². The van der Waals surface area contributed by atoms with Crippen molar-refractivity contribution in [3.63, 3.8) is 0 Å². The molecule has 110 valence electrons. The minimum atomic E-state index is -0.800. The molecule has 3 N–H and O–H groups in total. The number of amides is 1. The van der Waals surface area contributed by atoms with Crippen LogP contribution in [0, 0.1) is 5.92 Å². The number of hydrogen-bond donors (Lipinski definition) is 3. The molecule has 0 aliphatic heterocycles. The van der Waals surface area contributed by atoms with Crippen molar-refractivity contribution in [3.8, 4) is 0 Å². The van der Waals surface area contributed by atoms with Gasteiger partial charge in [-0.05, 0) is 33.6 Å².